The monoisotopic (exact) mass is 406 g/mol. The lowest BCUT2D eigenvalue weighted by atomic mass is 10.1. The van der Waals surface area contributed by atoms with Crippen LogP contribution in [0.5, 0.6) is 0 Å². The fraction of sp³-hybridized carbons (Fsp3) is 0.368. The molecule has 8 nitrogen and oxygen atoms in total. The molecule has 0 spiro atoms. The Hall–Kier alpha value is -2.65. The van der Waals surface area contributed by atoms with Gasteiger partial charge in [0.2, 0.25) is 5.91 Å². The second-order valence-corrected chi connectivity index (χ2v) is 8.09. The maximum atomic E-state index is 13.0. The van der Waals surface area contributed by atoms with Gasteiger partial charge in [0, 0.05) is 19.0 Å². The third-order valence-corrected chi connectivity index (χ3v) is 6.31. The Morgan fingerprint density at radius 2 is 1.86 bits per heavy atom. The molecule has 0 atom stereocenters. The summed E-state index contributed by atoms with van der Waals surface area (Å²) in [5, 5.41) is 1.39. The number of anilines is 1. The summed E-state index contributed by atoms with van der Waals surface area (Å²) >= 11 is 0. The van der Waals surface area contributed by atoms with Crippen LogP contribution in [0.1, 0.15) is 6.92 Å². The number of esters is 1. The Kier molecular flexibility index (Phi) is 5.85. The average molecular weight is 406 g/mol. The van der Waals surface area contributed by atoms with Crippen molar-refractivity contribution in [3.8, 4) is 0 Å². The Labute approximate surface area is 163 Å². The third-order valence-electron chi connectivity index (χ3n) is 4.50. The first-order valence-electron chi connectivity index (χ1n) is 8.87. The summed E-state index contributed by atoms with van der Waals surface area (Å²) < 4.78 is 37.0. The Balaban J connectivity index is 1.88. The molecule has 9 heteroatoms. The summed E-state index contributed by atoms with van der Waals surface area (Å²) in [7, 11) is -2.37. The summed E-state index contributed by atoms with van der Waals surface area (Å²) in [6.07, 6.45) is 0. The molecule has 1 amide bonds. The van der Waals surface area contributed by atoms with Crippen LogP contribution in [0.15, 0.2) is 41.3 Å². The molecule has 3 rings (SSSR count). The maximum Gasteiger partial charge on any atom is 0.325 e. The van der Waals surface area contributed by atoms with Crippen LogP contribution in [-0.2, 0) is 29.1 Å². The van der Waals surface area contributed by atoms with Gasteiger partial charge in [-0.1, -0.05) is 24.3 Å². The van der Waals surface area contributed by atoms with Crippen molar-refractivity contribution in [2.24, 2.45) is 0 Å². The molecule has 0 aromatic heterocycles. The smallest absolute Gasteiger partial charge is 0.325 e. The minimum Gasteiger partial charge on any atom is -0.465 e. The zero-order chi connectivity index (χ0) is 20.3. The van der Waals surface area contributed by atoms with Gasteiger partial charge in [0.25, 0.3) is 10.0 Å². The van der Waals surface area contributed by atoms with Crippen molar-refractivity contribution in [2.45, 2.75) is 11.8 Å². The number of sulfonamides is 1. The van der Waals surface area contributed by atoms with Gasteiger partial charge in [-0.2, -0.15) is 0 Å². The Morgan fingerprint density at radius 3 is 2.54 bits per heavy atom. The number of methoxy groups -OCH3 is 1. The molecule has 150 valence electrons. The number of carbonyl (C=O) groups excluding carboxylic acids is 2. The van der Waals surface area contributed by atoms with E-state index in [1.807, 2.05) is 12.1 Å². The van der Waals surface area contributed by atoms with Crippen molar-refractivity contribution in [2.75, 3.05) is 44.3 Å². The number of nitrogens with zero attached hydrogens (tertiary/aromatic N) is 2. The first-order valence-corrected chi connectivity index (χ1v) is 10.3. The van der Waals surface area contributed by atoms with E-state index in [4.69, 9.17) is 9.47 Å². The van der Waals surface area contributed by atoms with E-state index in [1.54, 1.807) is 25.1 Å². The molecule has 0 saturated heterocycles. The van der Waals surface area contributed by atoms with E-state index in [-0.39, 0.29) is 31.2 Å². The van der Waals surface area contributed by atoms with Crippen LogP contribution in [-0.4, -0.2) is 65.2 Å². The molecule has 0 bridgehead atoms. The van der Waals surface area contributed by atoms with Crippen LogP contribution < -0.4 is 4.31 Å². The standard InChI is InChI=1S/C19H22N2O6S/c1-3-27-18(23)13-20(10-11-26-2)17(22)12-21-15-8-4-6-14-7-5-9-16(19(14)15)28(21,24)25/h4-9H,3,10-13H2,1-2H3. The summed E-state index contributed by atoms with van der Waals surface area (Å²) in [6.45, 7) is 1.57. The fourth-order valence-electron chi connectivity index (χ4n) is 3.21. The molecule has 0 unspecified atom stereocenters. The molecule has 1 aliphatic rings. The maximum absolute atomic E-state index is 13.0. The summed E-state index contributed by atoms with van der Waals surface area (Å²) in [6, 6.07) is 10.3. The highest BCUT2D eigenvalue weighted by Gasteiger charge is 2.37. The number of rotatable bonds is 8. The van der Waals surface area contributed by atoms with E-state index >= 15 is 0 Å². The van der Waals surface area contributed by atoms with Gasteiger partial charge < -0.3 is 14.4 Å². The molecule has 0 N–H and O–H groups in total. The topological polar surface area (TPSA) is 93.2 Å². The predicted molar refractivity (Wildman–Crippen MR) is 104 cm³/mol. The first kappa shape index (κ1) is 20.1. The van der Waals surface area contributed by atoms with Crippen LogP contribution in [0.25, 0.3) is 10.8 Å². The van der Waals surface area contributed by atoms with Crippen molar-refractivity contribution in [1.29, 1.82) is 0 Å². The number of hydrogen-bond donors (Lipinski definition) is 0. The van der Waals surface area contributed by atoms with E-state index in [0.717, 1.165) is 9.69 Å². The molecule has 28 heavy (non-hydrogen) atoms. The zero-order valence-electron chi connectivity index (χ0n) is 15.8. The summed E-state index contributed by atoms with van der Waals surface area (Å²) in [4.78, 5) is 26.1. The molecule has 2 aromatic carbocycles. The number of ether oxygens (including phenoxy) is 2. The quantitative estimate of drug-likeness (QED) is 0.615. The summed E-state index contributed by atoms with van der Waals surface area (Å²) in [5.74, 6) is -1.06. The minimum atomic E-state index is -3.85. The van der Waals surface area contributed by atoms with E-state index < -0.39 is 28.4 Å². The van der Waals surface area contributed by atoms with Crippen LogP contribution in [0.4, 0.5) is 5.69 Å². The highest BCUT2D eigenvalue weighted by atomic mass is 32.2. The molecular weight excluding hydrogens is 384 g/mol. The van der Waals surface area contributed by atoms with Crippen molar-refractivity contribution in [3.63, 3.8) is 0 Å². The highest BCUT2D eigenvalue weighted by Crippen LogP contribution is 2.41. The SMILES string of the molecule is CCOC(=O)CN(CCOC)C(=O)CN1c2cccc3cccc(c23)S1(=O)=O. The van der Waals surface area contributed by atoms with Crippen molar-refractivity contribution in [1.82, 2.24) is 4.90 Å². The van der Waals surface area contributed by atoms with Gasteiger partial charge >= 0.3 is 5.97 Å². The molecule has 0 aliphatic carbocycles. The minimum absolute atomic E-state index is 0.152. The van der Waals surface area contributed by atoms with Gasteiger partial charge in [-0.15, -0.1) is 0 Å². The molecule has 1 heterocycles. The molecular formula is C19H22N2O6S. The van der Waals surface area contributed by atoms with Crippen LogP contribution in [0.3, 0.4) is 0 Å². The van der Waals surface area contributed by atoms with E-state index in [9.17, 15) is 18.0 Å². The number of benzene rings is 2. The highest BCUT2D eigenvalue weighted by molar-refractivity contribution is 7.93. The number of amides is 1. The van der Waals surface area contributed by atoms with Gasteiger partial charge in [-0.3, -0.25) is 13.9 Å². The fourth-order valence-corrected chi connectivity index (χ4v) is 4.87. The second kappa shape index (κ2) is 8.15. The van der Waals surface area contributed by atoms with Crippen LogP contribution in [0.2, 0.25) is 0 Å². The second-order valence-electron chi connectivity index (χ2n) is 6.26. The molecule has 2 aromatic rings. The number of carbonyl (C=O) groups is 2. The van der Waals surface area contributed by atoms with Crippen LogP contribution in [0, 0.1) is 0 Å². The lowest BCUT2D eigenvalue weighted by molar-refractivity contribution is -0.148. The Bertz CT molecular complexity index is 999. The van der Waals surface area contributed by atoms with E-state index in [0.29, 0.717) is 11.1 Å². The van der Waals surface area contributed by atoms with Gasteiger partial charge in [-0.05, 0) is 24.4 Å². The van der Waals surface area contributed by atoms with Crippen LogP contribution >= 0.6 is 0 Å². The first-order chi connectivity index (χ1) is 13.4. The summed E-state index contributed by atoms with van der Waals surface area (Å²) in [5.41, 5.74) is 0.462. The molecule has 1 aliphatic heterocycles. The third kappa shape index (κ3) is 3.67. The lowest BCUT2D eigenvalue weighted by Gasteiger charge is -2.25. The van der Waals surface area contributed by atoms with Gasteiger partial charge in [0.1, 0.15) is 13.1 Å². The van der Waals surface area contributed by atoms with Gasteiger partial charge in [0.15, 0.2) is 0 Å². The van der Waals surface area contributed by atoms with Crippen molar-refractivity contribution < 1.29 is 27.5 Å². The zero-order valence-corrected chi connectivity index (χ0v) is 16.6. The van der Waals surface area contributed by atoms with E-state index in [1.165, 1.54) is 18.1 Å². The molecule has 0 radical (unpaired) electrons. The van der Waals surface area contributed by atoms with Crippen molar-refractivity contribution >= 4 is 38.4 Å². The number of hydrogen-bond acceptors (Lipinski definition) is 6. The van der Waals surface area contributed by atoms with Gasteiger partial charge in [-0.25, -0.2) is 8.42 Å². The van der Waals surface area contributed by atoms with Gasteiger partial charge in [0.05, 0.1) is 23.8 Å². The average Bonchev–Trinajstić information content (AvgIpc) is 2.88. The largest absolute Gasteiger partial charge is 0.465 e. The van der Waals surface area contributed by atoms with Crippen molar-refractivity contribution in [3.05, 3.63) is 36.4 Å². The Morgan fingerprint density at radius 1 is 1.14 bits per heavy atom. The lowest BCUT2D eigenvalue weighted by Crippen LogP contribution is -2.45. The van der Waals surface area contributed by atoms with E-state index in [2.05, 4.69) is 0 Å². The normalized spacial score (nSPS) is 14.3. The predicted octanol–water partition coefficient (Wildman–Crippen LogP) is 1.39. The molecule has 0 saturated carbocycles. The molecule has 0 fully saturated rings.